The summed E-state index contributed by atoms with van der Waals surface area (Å²) in [6, 6.07) is 12.6. The summed E-state index contributed by atoms with van der Waals surface area (Å²) in [7, 11) is -3.33. The van der Waals surface area contributed by atoms with Crippen LogP contribution in [-0.4, -0.2) is 30.5 Å². The molecule has 0 bridgehead atoms. The summed E-state index contributed by atoms with van der Waals surface area (Å²) in [5.41, 5.74) is 1.87. The maximum Gasteiger partial charge on any atom is 0.269 e. The molecule has 0 unspecified atom stereocenters. The number of non-ortho nitro benzene ring substituents is 1. The molecule has 2 aromatic rings. The number of nitrogens with zero attached hydrogens (tertiary/aromatic N) is 1. The molecule has 1 saturated carbocycles. The van der Waals surface area contributed by atoms with Crippen LogP contribution in [0.1, 0.15) is 54.9 Å². The van der Waals surface area contributed by atoms with E-state index >= 15 is 0 Å². The van der Waals surface area contributed by atoms with E-state index in [1.807, 2.05) is 12.1 Å². The standard InChI is InChI=1S/C21H25N3O5S/c1-14(2)30(28,29)23-20-5-3-4-19(20)15-6-10-17(11-7-15)22-21(25)16-8-12-18(13-9-16)24(26)27/h6-14,19-20,23H,3-5H2,1-2H3,(H,22,25)/t19-,20-/m0/s1. The second-order valence-corrected chi connectivity index (χ2v) is 10.0. The summed E-state index contributed by atoms with van der Waals surface area (Å²) < 4.78 is 27.3. The third-order valence-electron chi connectivity index (χ3n) is 5.39. The lowest BCUT2D eigenvalue weighted by molar-refractivity contribution is -0.384. The number of amides is 1. The van der Waals surface area contributed by atoms with E-state index < -0.39 is 20.2 Å². The van der Waals surface area contributed by atoms with Gasteiger partial charge in [0.2, 0.25) is 10.0 Å². The Hall–Kier alpha value is -2.78. The molecule has 0 saturated heterocycles. The average molecular weight is 432 g/mol. The Bertz CT molecular complexity index is 1020. The van der Waals surface area contributed by atoms with Crippen LogP contribution >= 0.6 is 0 Å². The molecule has 160 valence electrons. The Morgan fingerprint density at radius 1 is 1.07 bits per heavy atom. The first-order valence-corrected chi connectivity index (χ1v) is 11.4. The van der Waals surface area contributed by atoms with Gasteiger partial charge in [-0.2, -0.15) is 0 Å². The van der Waals surface area contributed by atoms with Crippen LogP contribution in [0.25, 0.3) is 0 Å². The average Bonchev–Trinajstić information content (AvgIpc) is 3.16. The molecule has 8 nitrogen and oxygen atoms in total. The summed E-state index contributed by atoms with van der Waals surface area (Å²) in [6.45, 7) is 3.32. The van der Waals surface area contributed by atoms with E-state index in [1.54, 1.807) is 26.0 Å². The Balaban J connectivity index is 1.67. The van der Waals surface area contributed by atoms with Crippen molar-refractivity contribution in [3.63, 3.8) is 0 Å². The van der Waals surface area contributed by atoms with Gasteiger partial charge in [-0.15, -0.1) is 0 Å². The second kappa shape index (κ2) is 8.93. The summed E-state index contributed by atoms with van der Waals surface area (Å²) in [6.07, 6.45) is 2.66. The number of nitro benzene ring substituents is 1. The summed E-state index contributed by atoms with van der Waals surface area (Å²) >= 11 is 0. The molecule has 3 rings (SSSR count). The molecule has 2 aromatic carbocycles. The molecule has 0 heterocycles. The van der Waals surface area contributed by atoms with Gasteiger partial charge in [0, 0.05) is 35.3 Å². The van der Waals surface area contributed by atoms with E-state index in [2.05, 4.69) is 10.0 Å². The highest BCUT2D eigenvalue weighted by Crippen LogP contribution is 2.35. The van der Waals surface area contributed by atoms with Gasteiger partial charge in [-0.05, 0) is 56.5 Å². The molecular weight excluding hydrogens is 406 g/mol. The molecule has 2 atom stereocenters. The monoisotopic (exact) mass is 431 g/mol. The smallest absolute Gasteiger partial charge is 0.269 e. The van der Waals surface area contributed by atoms with Gasteiger partial charge in [0.05, 0.1) is 10.2 Å². The van der Waals surface area contributed by atoms with Gasteiger partial charge in [-0.1, -0.05) is 18.6 Å². The van der Waals surface area contributed by atoms with Gasteiger partial charge in [0.15, 0.2) is 0 Å². The van der Waals surface area contributed by atoms with Gasteiger partial charge in [0.1, 0.15) is 0 Å². The minimum atomic E-state index is -3.33. The summed E-state index contributed by atoms with van der Waals surface area (Å²) in [5.74, 6) is -0.265. The van der Waals surface area contributed by atoms with Gasteiger partial charge in [-0.25, -0.2) is 13.1 Å². The van der Waals surface area contributed by atoms with Gasteiger partial charge >= 0.3 is 0 Å². The van der Waals surface area contributed by atoms with Crippen LogP contribution < -0.4 is 10.0 Å². The number of hydrogen-bond donors (Lipinski definition) is 2. The Morgan fingerprint density at radius 2 is 1.70 bits per heavy atom. The third kappa shape index (κ3) is 5.03. The molecule has 1 aliphatic carbocycles. The van der Waals surface area contributed by atoms with E-state index in [1.165, 1.54) is 24.3 Å². The number of sulfonamides is 1. The van der Waals surface area contributed by atoms with Crippen molar-refractivity contribution >= 4 is 27.3 Å². The zero-order chi connectivity index (χ0) is 21.9. The Morgan fingerprint density at radius 3 is 2.27 bits per heavy atom. The van der Waals surface area contributed by atoms with E-state index in [0.29, 0.717) is 11.3 Å². The van der Waals surface area contributed by atoms with Crippen molar-refractivity contribution in [3.8, 4) is 0 Å². The molecule has 2 N–H and O–H groups in total. The summed E-state index contributed by atoms with van der Waals surface area (Å²) in [5, 5.41) is 13.0. The molecule has 30 heavy (non-hydrogen) atoms. The van der Waals surface area contributed by atoms with Crippen molar-refractivity contribution in [3.05, 3.63) is 69.8 Å². The molecule has 0 aromatic heterocycles. The van der Waals surface area contributed by atoms with Crippen molar-refractivity contribution in [2.75, 3.05) is 5.32 Å². The number of nitro groups is 1. The molecule has 9 heteroatoms. The van der Waals surface area contributed by atoms with Crippen LogP contribution in [0.4, 0.5) is 11.4 Å². The Kier molecular flexibility index (Phi) is 6.52. The first-order chi connectivity index (χ1) is 14.2. The highest BCUT2D eigenvalue weighted by molar-refractivity contribution is 7.90. The maximum atomic E-state index is 12.4. The quantitative estimate of drug-likeness (QED) is 0.510. The molecular formula is C21H25N3O5S. The van der Waals surface area contributed by atoms with Crippen LogP contribution in [-0.2, 0) is 10.0 Å². The SMILES string of the molecule is CC(C)S(=O)(=O)N[C@H]1CCC[C@H]1c1ccc(NC(=O)c2ccc([N+](=O)[O-])cc2)cc1. The Labute approximate surface area is 175 Å². The lowest BCUT2D eigenvalue weighted by Gasteiger charge is -2.22. The normalized spacial score (nSPS) is 19.0. The number of nitrogens with one attached hydrogen (secondary N) is 2. The zero-order valence-electron chi connectivity index (χ0n) is 16.9. The third-order valence-corrected chi connectivity index (χ3v) is 7.26. The number of hydrogen-bond acceptors (Lipinski definition) is 5. The lowest BCUT2D eigenvalue weighted by Crippen LogP contribution is -2.40. The fourth-order valence-electron chi connectivity index (χ4n) is 3.60. The predicted octanol–water partition coefficient (Wildman–Crippen LogP) is 3.81. The van der Waals surface area contributed by atoms with E-state index in [9.17, 15) is 23.3 Å². The zero-order valence-corrected chi connectivity index (χ0v) is 17.7. The largest absolute Gasteiger partial charge is 0.322 e. The molecule has 1 fully saturated rings. The number of carbonyl (C=O) groups excluding carboxylic acids is 1. The number of carbonyl (C=O) groups is 1. The van der Waals surface area contributed by atoms with Gasteiger partial charge in [0.25, 0.3) is 11.6 Å². The lowest BCUT2D eigenvalue weighted by atomic mass is 9.94. The van der Waals surface area contributed by atoms with Crippen LogP contribution in [0.5, 0.6) is 0 Å². The van der Waals surface area contributed by atoms with Crippen molar-refractivity contribution in [1.29, 1.82) is 0 Å². The first kappa shape index (κ1) is 21.9. The van der Waals surface area contributed by atoms with Crippen molar-refractivity contribution in [2.45, 2.75) is 50.3 Å². The van der Waals surface area contributed by atoms with Crippen LogP contribution in [0, 0.1) is 10.1 Å². The van der Waals surface area contributed by atoms with Crippen LogP contribution in [0.3, 0.4) is 0 Å². The molecule has 0 radical (unpaired) electrons. The molecule has 1 aliphatic rings. The molecule has 1 amide bonds. The van der Waals surface area contributed by atoms with Gasteiger partial charge < -0.3 is 5.32 Å². The van der Waals surface area contributed by atoms with E-state index in [4.69, 9.17) is 0 Å². The number of anilines is 1. The van der Waals surface area contributed by atoms with Crippen molar-refractivity contribution < 1.29 is 18.1 Å². The first-order valence-electron chi connectivity index (χ1n) is 9.84. The molecule has 0 aliphatic heterocycles. The second-order valence-electron chi connectivity index (χ2n) is 7.74. The highest BCUT2D eigenvalue weighted by atomic mass is 32.2. The van der Waals surface area contributed by atoms with Crippen LogP contribution in [0.15, 0.2) is 48.5 Å². The summed E-state index contributed by atoms with van der Waals surface area (Å²) in [4.78, 5) is 22.5. The van der Waals surface area contributed by atoms with Crippen LogP contribution in [0.2, 0.25) is 0 Å². The fraction of sp³-hybridized carbons (Fsp3) is 0.381. The van der Waals surface area contributed by atoms with E-state index in [0.717, 1.165) is 24.8 Å². The highest BCUT2D eigenvalue weighted by Gasteiger charge is 2.32. The predicted molar refractivity (Wildman–Crippen MR) is 115 cm³/mol. The fourth-order valence-corrected chi connectivity index (χ4v) is 4.57. The van der Waals surface area contributed by atoms with E-state index in [-0.39, 0.29) is 23.6 Å². The maximum absolute atomic E-state index is 12.4. The minimum Gasteiger partial charge on any atom is -0.322 e. The van der Waals surface area contributed by atoms with Crippen molar-refractivity contribution in [1.82, 2.24) is 4.72 Å². The number of benzene rings is 2. The minimum absolute atomic E-state index is 0.0740. The van der Waals surface area contributed by atoms with Crippen molar-refractivity contribution in [2.24, 2.45) is 0 Å². The number of rotatable bonds is 7. The topological polar surface area (TPSA) is 118 Å². The van der Waals surface area contributed by atoms with Gasteiger partial charge in [-0.3, -0.25) is 14.9 Å². The molecule has 0 spiro atoms.